The number of rotatable bonds is 21. The molecule has 4 heterocycles. The number of hydrogen-bond donors (Lipinski definition) is 3. The molecule has 4 fully saturated rings. The molecule has 4 bridgehead atoms. The predicted molar refractivity (Wildman–Crippen MR) is 262 cm³/mol. The normalized spacial score (nSPS) is 22.6. The summed E-state index contributed by atoms with van der Waals surface area (Å²) >= 11 is 0. The van der Waals surface area contributed by atoms with Gasteiger partial charge in [-0.05, 0) is 130 Å². The van der Waals surface area contributed by atoms with E-state index in [1.807, 2.05) is 70.5 Å². The minimum Gasteiger partial charge on any atom is -0.443 e. The monoisotopic (exact) mass is 1010 g/mol. The van der Waals surface area contributed by atoms with Crippen LogP contribution < -0.4 is 16.8 Å². The molecule has 390 valence electrons. The van der Waals surface area contributed by atoms with Crippen molar-refractivity contribution in [3.63, 3.8) is 0 Å². The average Bonchev–Trinajstić information content (AvgIpc) is 3.80. The molecule has 0 saturated carbocycles. The summed E-state index contributed by atoms with van der Waals surface area (Å²) in [6.45, 7) is -0.163. The van der Waals surface area contributed by atoms with E-state index in [0.29, 0.717) is 63.5 Å². The largest absolute Gasteiger partial charge is 0.443 e. The van der Waals surface area contributed by atoms with E-state index in [4.69, 9.17) is 16.2 Å². The second kappa shape index (κ2) is 24.3. The number of esters is 1. The molecule has 4 aromatic carbocycles. The zero-order valence-electron chi connectivity index (χ0n) is 40.8. The summed E-state index contributed by atoms with van der Waals surface area (Å²) in [4.78, 5) is 60.7. The summed E-state index contributed by atoms with van der Waals surface area (Å²) in [6.07, 6.45) is 8.39. The van der Waals surface area contributed by atoms with Crippen molar-refractivity contribution < 1.29 is 50.3 Å². The van der Waals surface area contributed by atoms with Gasteiger partial charge in [0.2, 0.25) is 17.7 Å². The van der Waals surface area contributed by atoms with E-state index in [1.54, 1.807) is 0 Å². The van der Waals surface area contributed by atoms with Gasteiger partial charge in [-0.3, -0.25) is 19.7 Å². The van der Waals surface area contributed by atoms with Crippen LogP contribution in [0, 0.1) is 46.7 Å². The Morgan fingerprint density at radius 3 is 1.56 bits per heavy atom. The van der Waals surface area contributed by atoms with Crippen LogP contribution in [0.4, 0.5) is 26.3 Å². The molecule has 4 aliphatic heterocycles. The first-order valence-electron chi connectivity index (χ1n) is 25.5. The van der Waals surface area contributed by atoms with Gasteiger partial charge in [-0.15, -0.1) is 0 Å². The molecule has 4 aliphatic rings. The van der Waals surface area contributed by atoms with Gasteiger partial charge in [-0.1, -0.05) is 60.7 Å². The molecule has 9 atom stereocenters. The highest BCUT2D eigenvalue weighted by molar-refractivity contribution is 5.96. The summed E-state index contributed by atoms with van der Waals surface area (Å²) in [5.74, 6) is -8.53. The number of carbonyl (C=O) groups is 4. The van der Waals surface area contributed by atoms with Crippen LogP contribution in [0.1, 0.15) is 86.5 Å². The molecule has 4 saturated heterocycles. The van der Waals surface area contributed by atoms with Crippen molar-refractivity contribution in [1.82, 2.24) is 20.0 Å². The molecule has 4 aromatic rings. The summed E-state index contributed by atoms with van der Waals surface area (Å²) in [6, 6.07) is 20.3. The number of ether oxygens (including phenoxy) is 1. The first-order valence-corrected chi connectivity index (χ1v) is 25.5. The Bertz CT molecular complexity index is 2580. The minimum atomic E-state index is -1.27. The molecule has 3 amide bonds. The van der Waals surface area contributed by atoms with Crippen LogP contribution >= 0.6 is 0 Å². The van der Waals surface area contributed by atoms with Crippen molar-refractivity contribution in [3.05, 3.63) is 154 Å². The molecule has 11 nitrogen and oxygen atoms in total. The second-order valence-corrected chi connectivity index (χ2v) is 20.3. The molecule has 0 aromatic heterocycles. The predicted octanol–water partition coefficient (Wildman–Crippen LogP) is 7.61. The van der Waals surface area contributed by atoms with Crippen LogP contribution in [0.5, 0.6) is 0 Å². The lowest BCUT2D eigenvalue weighted by atomic mass is 9.82. The molecule has 73 heavy (non-hydrogen) atoms. The van der Waals surface area contributed by atoms with Crippen molar-refractivity contribution in [2.75, 3.05) is 19.6 Å². The van der Waals surface area contributed by atoms with E-state index in [9.17, 15) is 45.5 Å². The molecule has 0 aliphatic carbocycles. The molecular formula is C56H64F6N6O5. The van der Waals surface area contributed by atoms with E-state index in [0.717, 1.165) is 61.1 Å². The number of piperidine rings is 2. The summed E-state index contributed by atoms with van der Waals surface area (Å²) in [5, 5.41) is 3.13. The first kappa shape index (κ1) is 53.3. The van der Waals surface area contributed by atoms with Crippen LogP contribution in [0.25, 0.3) is 0 Å². The highest BCUT2D eigenvalue weighted by Crippen LogP contribution is 2.42. The molecule has 17 heteroatoms. The molecule has 3 unspecified atom stereocenters. The Hall–Kier alpha value is -6.04. The van der Waals surface area contributed by atoms with Crippen LogP contribution in [-0.4, -0.2) is 101 Å². The Morgan fingerprint density at radius 1 is 0.616 bits per heavy atom. The maximum Gasteiger partial charge on any atom is 0.332 e. The Morgan fingerprint density at radius 2 is 1.07 bits per heavy atom. The maximum absolute atomic E-state index is 14.5. The standard InChI is InChI=1S/C56H64F6N6O5/c57-44-30-48(61)46(59)26-36(44)28-50(63)38-22-40-14-15-41(23-38)67(40)54(70)32-65-52(18-13-35-10-5-2-6-11-35)73-56(72)20-19-53(69)66(21-7-12-34-8-3-1-4-9-34)33-55(71)68-42-16-17-43(68)25-39(24-42)51(64)29-37-27-47(60)49(62)31-45(37)58/h1-6,8-11,19-20,26-27,30-31,38-43,50-52,65H,7,12-18,21-25,28-29,32-33,63-64H2/b20-19-/t38?,39?,40-,41+,42-,43+,50-,51-,52?/m1/s1. The lowest BCUT2D eigenvalue weighted by Crippen LogP contribution is -2.53. The third kappa shape index (κ3) is 13.6. The van der Waals surface area contributed by atoms with Crippen molar-refractivity contribution in [2.45, 2.75) is 132 Å². The second-order valence-electron chi connectivity index (χ2n) is 20.3. The third-order valence-corrected chi connectivity index (χ3v) is 15.4. The van der Waals surface area contributed by atoms with Gasteiger partial charge in [-0.25, -0.2) is 31.1 Å². The fourth-order valence-electron chi connectivity index (χ4n) is 11.7. The average molecular weight is 1020 g/mol. The SMILES string of the molecule is N[C@H](Cc1cc(F)c(F)cc1F)C1C[C@H]2CC[C@@H](C1)N2C(=O)CNC(CCc1ccccc1)OC(=O)/C=C\C(=O)N(CCCc1ccccc1)CC(=O)N1[C@@H]2CC[C@H]1CC([C@H](N)Cc1cc(F)c(F)cc1F)C2. The van der Waals surface area contributed by atoms with Crippen molar-refractivity contribution in [1.29, 1.82) is 0 Å². The van der Waals surface area contributed by atoms with E-state index < -0.39 is 65.1 Å². The van der Waals surface area contributed by atoms with Gasteiger partial charge in [-0.2, -0.15) is 0 Å². The quantitative estimate of drug-likeness (QED) is 0.0254. The fourth-order valence-corrected chi connectivity index (χ4v) is 11.7. The summed E-state index contributed by atoms with van der Waals surface area (Å²) in [5.41, 5.74) is 15.1. The van der Waals surface area contributed by atoms with Crippen molar-refractivity contribution >= 4 is 23.7 Å². The number of benzene rings is 4. The smallest absolute Gasteiger partial charge is 0.332 e. The summed E-state index contributed by atoms with van der Waals surface area (Å²) in [7, 11) is 0. The van der Waals surface area contributed by atoms with Crippen LogP contribution in [0.3, 0.4) is 0 Å². The lowest BCUT2D eigenvalue weighted by molar-refractivity contribution is -0.147. The Balaban J connectivity index is 0.882. The van der Waals surface area contributed by atoms with Gasteiger partial charge < -0.3 is 30.9 Å². The van der Waals surface area contributed by atoms with Crippen LogP contribution in [-0.2, 0) is 49.6 Å². The number of aryl methyl sites for hydroxylation is 2. The summed E-state index contributed by atoms with van der Waals surface area (Å²) < 4.78 is 89.9. The molecule has 8 rings (SSSR count). The number of hydrogen-bond acceptors (Lipinski definition) is 8. The topological polar surface area (TPSA) is 151 Å². The lowest BCUT2D eigenvalue weighted by Gasteiger charge is -2.41. The number of nitrogens with two attached hydrogens (primary N) is 2. The Labute approximate surface area is 422 Å². The highest BCUT2D eigenvalue weighted by atomic mass is 19.2. The van der Waals surface area contributed by atoms with E-state index in [2.05, 4.69) is 5.32 Å². The first-order chi connectivity index (χ1) is 35.1. The zero-order chi connectivity index (χ0) is 51.8. The van der Waals surface area contributed by atoms with Crippen molar-refractivity contribution in [3.8, 4) is 0 Å². The van der Waals surface area contributed by atoms with Crippen LogP contribution in [0.15, 0.2) is 97.1 Å². The van der Waals surface area contributed by atoms with Crippen molar-refractivity contribution in [2.24, 2.45) is 23.3 Å². The van der Waals surface area contributed by atoms with E-state index in [1.165, 1.54) is 4.90 Å². The van der Waals surface area contributed by atoms with Gasteiger partial charge in [0.25, 0.3) is 0 Å². The van der Waals surface area contributed by atoms with Gasteiger partial charge in [0.1, 0.15) is 18.2 Å². The third-order valence-electron chi connectivity index (χ3n) is 15.4. The number of halogens is 6. The van der Waals surface area contributed by atoms with Gasteiger partial charge in [0.15, 0.2) is 29.5 Å². The zero-order valence-corrected chi connectivity index (χ0v) is 40.8. The van der Waals surface area contributed by atoms with Gasteiger partial charge in [0.05, 0.1) is 6.54 Å². The molecule has 0 radical (unpaired) electrons. The minimum absolute atomic E-state index is 0.00393. The van der Waals surface area contributed by atoms with Gasteiger partial charge in [0, 0.05) is 73.5 Å². The fraction of sp³-hybridized carbons (Fsp3) is 0.464. The maximum atomic E-state index is 14.5. The molecular weight excluding hydrogens is 951 g/mol. The van der Waals surface area contributed by atoms with Gasteiger partial charge >= 0.3 is 5.97 Å². The number of carbonyl (C=O) groups excluding carboxylic acids is 4. The number of nitrogens with zero attached hydrogens (tertiary/aromatic N) is 3. The molecule has 0 spiro atoms. The highest BCUT2D eigenvalue weighted by Gasteiger charge is 2.46. The number of fused-ring (bicyclic) bond motifs is 4. The molecule has 5 N–H and O–H groups in total. The van der Waals surface area contributed by atoms with E-state index in [-0.39, 0.29) is 91.4 Å². The van der Waals surface area contributed by atoms with E-state index >= 15 is 0 Å². The van der Waals surface area contributed by atoms with Crippen LogP contribution in [0.2, 0.25) is 0 Å². The Kier molecular flexibility index (Phi) is 17.7. The number of amides is 3. The number of nitrogens with one attached hydrogen (secondary N) is 1.